The van der Waals surface area contributed by atoms with Crippen LogP contribution in [0.5, 0.6) is 11.5 Å². The smallest absolute Gasteiger partial charge is 0.342 e. The van der Waals surface area contributed by atoms with E-state index in [4.69, 9.17) is 8.92 Å². The summed E-state index contributed by atoms with van der Waals surface area (Å²) in [5, 5.41) is 2.58. The first kappa shape index (κ1) is 17.3. The Hall–Kier alpha value is -2.06. The Morgan fingerprint density at radius 1 is 1.13 bits per heavy atom. The van der Waals surface area contributed by atoms with Gasteiger partial charge in [-0.25, -0.2) is 0 Å². The number of rotatable bonds is 5. The van der Waals surface area contributed by atoms with E-state index in [0.717, 1.165) is 0 Å². The number of carbonyl (C=O) groups is 1. The molecule has 0 aliphatic heterocycles. The molecule has 122 valence electrons. The quantitative estimate of drug-likeness (QED) is 0.780. The van der Waals surface area contributed by atoms with Gasteiger partial charge in [0.1, 0.15) is 16.4 Å². The van der Waals surface area contributed by atoms with Gasteiger partial charge in [-0.05, 0) is 42.5 Å². The van der Waals surface area contributed by atoms with Crippen molar-refractivity contribution in [1.82, 2.24) is 0 Å². The van der Waals surface area contributed by atoms with Crippen molar-refractivity contribution in [2.24, 2.45) is 0 Å². The maximum Gasteiger partial charge on any atom is 0.342 e. The van der Waals surface area contributed by atoms with Crippen molar-refractivity contribution in [3.63, 3.8) is 0 Å². The molecule has 0 bridgehead atoms. The summed E-state index contributed by atoms with van der Waals surface area (Å²) in [4.78, 5) is 10.9. The second-order valence-corrected chi connectivity index (χ2v) is 6.97. The molecule has 1 N–H and O–H groups in total. The van der Waals surface area contributed by atoms with Crippen molar-refractivity contribution < 1.29 is 22.1 Å². The molecule has 0 aliphatic carbocycles. The second kappa shape index (κ2) is 7.01. The van der Waals surface area contributed by atoms with Crippen LogP contribution in [-0.2, 0) is 14.9 Å². The van der Waals surface area contributed by atoms with Crippen LogP contribution in [-0.4, -0.2) is 21.4 Å². The van der Waals surface area contributed by atoms with Gasteiger partial charge in [-0.2, -0.15) is 8.42 Å². The molecule has 0 fully saturated rings. The molecule has 8 heteroatoms. The zero-order valence-electron chi connectivity index (χ0n) is 12.4. The van der Waals surface area contributed by atoms with Crippen molar-refractivity contribution in [2.75, 3.05) is 12.4 Å². The van der Waals surface area contributed by atoms with Gasteiger partial charge in [0.05, 0.1) is 7.11 Å². The predicted molar refractivity (Wildman–Crippen MR) is 89.3 cm³/mol. The molecule has 0 saturated carbocycles. The molecular weight excluding hydrogens is 386 g/mol. The molecule has 0 radical (unpaired) electrons. The molecule has 2 aromatic carbocycles. The SMILES string of the molecule is COc1ccc(Br)cc1S(=O)(=O)Oc1ccc(NC(C)=O)cc1. The largest absolute Gasteiger partial charge is 0.495 e. The number of hydrogen-bond acceptors (Lipinski definition) is 5. The lowest BCUT2D eigenvalue weighted by Gasteiger charge is -2.11. The van der Waals surface area contributed by atoms with Crippen molar-refractivity contribution in [2.45, 2.75) is 11.8 Å². The number of carbonyl (C=O) groups excluding carboxylic acids is 1. The van der Waals surface area contributed by atoms with E-state index < -0.39 is 10.1 Å². The lowest BCUT2D eigenvalue weighted by Crippen LogP contribution is -2.11. The highest BCUT2D eigenvalue weighted by Gasteiger charge is 2.22. The van der Waals surface area contributed by atoms with E-state index in [0.29, 0.717) is 10.2 Å². The van der Waals surface area contributed by atoms with Gasteiger partial charge >= 0.3 is 10.1 Å². The van der Waals surface area contributed by atoms with Gasteiger partial charge in [-0.15, -0.1) is 0 Å². The summed E-state index contributed by atoms with van der Waals surface area (Å²) >= 11 is 3.22. The van der Waals surface area contributed by atoms with Crippen LogP contribution in [0.15, 0.2) is 51.8 Å². The van der Waals surface area contributed by atoms with Crippen LogP contribution in [0.2, 0.25) is 0 Å². The highest BCUT2D eigenvalue weighted by Crippen LogP contribution is 2.30. The minimum absolute atomic E-state index is 0.0830. The highest BCUT2D eigenvalue weighted by atomic mass is 79.9. The molecule has 0 atom stereocenters. The molecule has 6 nitrogen and oxygen atoms in total. The van der Waals surface area contributed by atoms with E-state index >= 15 is 0 Å². The molecule has 2 rings (SSSR count). The van der Waals surface area contributed by atoms with E-state index in [2.05, 4.69) is 21.2 Å². The lowest BCUT2D eigenvalue weighted by molar-refractivity contribution is -0.114. The average Bonchev–Trinajstić information content (AvgIpc) is 2.48. The molecule has 0 spiro atoms. The van der Waals surface area contributed by atoms with E-state index in [1.165, 1.54) is 38.3 Å². The summed E-state index contributed by atoms with van der Waals surface area (Å²) in [5.41, 5.74) is 0.544. The summed E-state index contributed by atoms with van der Waals surface area (Å²) in [6.07, 6.45) is 0. The van der Waals surface area contributed by atoms with E-state index in [9.17, 15) is 13.2 Å². The second-order valence-electron chi connectivity index (χ2n) is 4.54. The third kappa shape index (κ3) is 4.46. The summed E-state index contributed by atoms with van der Waals surface area (Å²) in [6.45, 7) is 1.38. The minimum Gasteiger partial charge on any atom is -0.495 e. The highest BCUT2D eigenvalue weighted by molar-refractivity contribution is 9.10. The number of benzene rings is 2. The third-order valence-corrected chi connectivity index (χ3v) is 4.54. The van der Waals surface area contributed by atoms with Crippen LogP contribution in [0.4, 0.5) is 5.69 Å². The maximum absolute atomic E-state index is 12.4. The number of hydrogen-bond donors (Lipinski definition) is 1. The van der Waals surface area contributed by atoms with E-state index in [1.54, 1.807) is 18.2 Å². The number of amides is 1. The number of methoxy groups -OCH3 is 1. The molecule has 1 amide bonds. The van der Waals surface area contributed by atoms with Crippen molar-refractivity contribution in [3.8, 4) is 11.5 Å². The van der Waals surface area contributed by atoms with Gasteiger partial charge in [0, 0.05) is 17.1 Å². The summed E-state index contributed by atoms with van der Waals surface area (Å²) in [5.74, 6) is 0.0920. The first-order chi connectivity index (χ1) is 10.8. The Labute approximate surface area is 142 Å². The molecule has 0 aromatic heterocycles. The van der Waals surface area contributed by atoms with Gasteiger partial charge in [0.15, 0.2) is 0 Å². The number of anilines is 1. The predicted octanol–water partition coefficient (Wildman–Crippen LogP) is 3.18. The van der Waals surface area contributed by atoms with Gasteiger partial charge in [0.2, 0.25) is 5.91 Å². The average molecular weight is 400 g/mol. The van der Waals surface area contributed by atoms with Gasteiger partial charge in [0.25, 0.3) is 0 Å². The van der Waals surface area contributed by atoms with Crippen molar-refractivity contribution >= 4 is 37.6 Å². The normalized spacial score (nSPS) is 10.9. The van der Waals surface area contributed by atoms with Crippen LogP contribution in [0.25, 0.3) is 0 Å². The van der Waals surface area contributed by atoms with Crippen LogP contribution in [0.3, 0.4) is 0 Å². The molecule has 23 heavy (non-hydrogen) atoms. The van der Waals surface area contributed by atoms with Crippen molar-refractivity contribution in [1.29, 1.82) is 0 Å². The first-order valence-electron chi connectivity index (χ1n) is 6.47. The molecule has 0 aliphatic rings. The van der Waals surface area contributed by atoms with E-state index in [1.807, 2.05) is 0 Å². The molecule has 0 saturated heterocycles. The molecular formula is C15H14BrNO5S. The third-order valence-electron chi connectivity index (χ3n) is 2.78. The van der Waals surface area contributed by atoms with Crippen LogP contribution in [0.1, 0.15) is 6.92 Å². The zero-order valence-corrected chi connectivity index (χ0v) is 14.8. The van der Waals surface area contributed by atoms with Crippen molar-refractivity contribution in [3.05, 3.63) is 46.9 Å². The number of nitrogens with one attached hydrogen (secondary N) is 1. The van der Waals surface area contributed by atoms with Gasteiger partial charge < -0.3 is 14.2 Å². The molecule has 2 aromatic rings. The fourth-order valence-corrected chi connectivity index (χ4v) is 3.45. The Bertz CT molecular complexity index is 818. The number of ether oxygens (including phenoxy) is 1. The summed E-state index contributed by atoms with van der Waals surface area (Å²) in [6, 6.07) is 10.6. The fraction of sp³-hybridized carbons (Fsp3) is 0.133. The van der Waals surface area contributed by atoms with Crippen LogP contribution in [0, 0.1) is 0 Å². The zero-order chi connectivity index (χ0) is 17.0. The minimum atomic E-state index is -4.06. The Kier molecular flexibility index (Phi) is 5.27. The molecule has 0 heterocycles. The maximum atomic E-state index is 12.4. The molecule has 0 unspecified atom stereocenters. The standard InChI is InChI=1S/C15H14BrNO5S/c1-10(18)17-12-4-6-13(7-5-12)22-23(19,20)15-9-11(16)3-8-14(15)21-2/h3-9H,1-2H3,(H,17,18). The van der Waals surface area contributed by atoms with Crippen LogP contribution >= 0.6 is 15.9 Å². The van der Waals surface area contributed by atoms with Gasteiger partial charge in [-0.1, -0.05) is 15.9 Å². The van der Waals surface area contributed by atoms with Crippen LogP contribution < -0.4 is 14.2 Å². The van der Waals surface area contributed by atoms with E-state index in [-0.39, 0.29) is 22.3 Å². The Balaban J connectivity index is 2.28. The summed E-state index contributed by atoms with van der Waals surface area (Å²) in [7, 11) is -2.68. The topological polar surface area (TPSA) is 81.7 Å². The first-order valence-corrected chi connectivity index (χ1v) is 8.67. The lowest BCUT2D eigenvalue weighted by atomic mass is 10.3. The number of halogens is 1. The Morgan fingerprint density at radius 3 is 2.35 bits per heavy atom. The van der Waals surface area contributed by atoms with Gasteiger partial charge in [-0.3, -0.25) is 4.79 Å². The Morgan fingerprint density at radius 2 is 1.78 bits per heavy atom. The summed E-state index contributed by atoms with van der Waals surface area (Å²) < 4.78 is 35.6. The monoisotopic (exact) mass is 399 g/mol. The fourth-order valence-electron chi connectivity index (χ4n) is 1.81.